The van der Waals surface area contributed by atoms with Gasteiger partial charge in [0.15, 0.2) is 0 Å². The Hall–Kier alpha value is -0.0800. The summed E-state index contributed by atoms with van der Waals surface area (Å²) in [6.07, 6.45) is -4.33. The lowest BCUT2D eigenvalue weighted by molar-refractivity contribution is -0.172. The SMILES string of the molecule is CCN(SN1CCSCC1)[C@H](c1ccc(Cl)cc1)C(F)(F)F. The molecule has 1 atom stereocenters. The maximum absolute atomic E-state index is 13.6. The van der Waals surface area contributed by atoms with Gasteiger partial charge < -0.3 is 0 Å². The third-order valence-electron chi connectivity index (χ3n) is 3.29. The molecule has 1 aliphatic heterocycles. The number of thioether (sulfide) groups is 1. The van der Waals surface area contributed by atoms with Gasteiger partial charge in [-0.15, -0.1) is 0 Å². The third kappa shape index (κ3) is 4.96. The molecule has 0 spiro atoms. The van der Waals surface area contributed by atoms with Crippen LogP contribution in [0.2, 0.25) is 5.02 Å². The summed E-state index contributed by atoms with van der Waals surface area (Å²) in [6.45, 7) is 3.66. The predicted octanol–water partition coefficient (Wildman–Crippen LogP) is 4.88. The van der Waals surface area contributed by atoms with E-state index in [0.29, 0.717) is 11.6 Å². The lowest BCUT2D eigenvalue weighted by Crippen LogP contribution is -2.38. The van der Waals surface area contributed by atoms with E-state index in [1.165, 1.54) is 40.7 Å². The molecule has 1 saturated heterocycles. The van der Waals surface area contributed by atoms with Gasteiger partial charge in [-0.05, 0) is 17.7 Å². The quantitative estimate of drug-likeness (QED) is 0.681. The van der Waals surface area contributed by atoms with Crippen molar-refractivity contribution in [2.45, 2.75) is 19.1 Å². The highest BCUT2D eigenvalue weighted by Gasteiger charge is 2.45. The number of benzene rings is 1. The highest BCUT2D eigenvalue weighted by molar-refractivity contribution is 7.99. The smallest absolute Gasteiger partial charge is 0.235 e. The van der Waals surface area contributed by atoms with Crippen LogP contribution in [0.1, 0.15) is 18.5 Å². The molecular formula is C14H18ClF3N2S2. The Morgan fingerprint density at radius 1 is 1.27 bits per heavy atom. The Kier molecular flexibility index (Phi) is 6.76. The van der Waals surface area contributed by atoms with Crippen molar-refractivity contribution in [3.05, 3.63) is 34.9 Å². The molecule has 22 heavy (non-hydrogen) atoms. The van der Waals surface area contributed by atoms with Crippen LogP contribution in [0, 0.1) is 0 Å². The van der Waals surface area contributed by atoms with E-state index in [-0.39, 0.29) is 5.56 Å². The zero-order valence-corrected chi connectivity index (χ0v) is 14.5. The van der Waals surface area contributed by atoms with Crippen molar-refractivity contribution in [1.29, 1.82) is 0 Å². The predicted molar refractivity (Wildman–Crippen MR) is 89.1 cm³/mol. The molecule has 2 nitrogen and oxygen atoms in total. The van der Waals surface area contributed by atoms with Gasteiger partial charge in [-0.1, -0.05) is 30.7 Å². The minimum atomic E-state index is -4.33. The fraction of sp³-hybridized carbons (Fsp3) is 0.571. The summed E-state index contributed by atoms with van der Waals surface area (Å²) >= 11 is 8.82. The van der Waals surface area contributed by atoms with E-state index in [1.807, 2.05) is 16.1 Å². The van der Waals surface area contributed by atoms with Gasteiger partial charge in [0.05, 0.1) is 0 Å². The summed E-state index contributed by atoms with van der Waals surface area (Å²) in [7, 11) is 0. The van der Waals surface area contributed by atoms with Crippen LogP contribution in [0.5, 0.6) is 0 Å². The Morgan fingerprint density at radius 2 is 1.86 bits per heavy atom. The van der Waals surface area contributed by atoms with Crippen molar-refractivity contribution in [3.8, 4) is 0 Å². The normalized spacial score (nSPS) is 18.6. The van der Waals surface area contributed by atoms with Gasteiger partial charge in [0, 0.05) is 48.3 Å². The summed E-state index contributed by atoms with van der Waals surface area (Å²) < 4.78 is 44.2. The first-order valence-corrected chi connectivity index (χ1v) is 9.27. The number of alkyl halides is 3. The second-order valence-electron chi connectivity index (χ2n) is 4.85. The second-order valence-corrected chi connectivity index (χ2v) is 7.66. The van der Waals surface area contributed by atoms with Gasteiger partial charge in [0.1, 0.15) is 6.04 Å². The molecule has 0 aliphatic carbocycles. The summed E-state index contributed by atoms with van der Waals surface area (Å²) in [6, 6.07) is 4.29. The minimum absolute atomic E-state index is 0.220. The average molecular weight is 371 g/mol. The molecule has 1 aromatic rings. The lowest BCUT2D eigenvalue weighted by atomic mass is 10.1. The lowest BCUT2D eigenvalue weighted by Gasteiger charge is -2.36. The van der Waals surface area contributed by atoms with E-state index in [4.69, 9.17) is 11.6 Å². The molecule has 124 valence electrons. The second kappa shape index (κ2) is 8.15. The van der Waals surface area contributed by atoms with E-state index < -0.39 is 12.2 Å². The number of rotatable bonds is 5. The summed E-state index contributed by atoms with van der Waals surface area (Å²) in [5.41, 5.74) is 0.220. The Bertz CT molecular complexity index is 464. The summed E-state index contributed by atoms with van der Waals surface area (Å²) in [5.74, 6) is 1.92. The fourth-order valence-corrected chi connectivity index (χ4v) is 4.58. The zero-order valence-electron chi connectivity index (χ0n) is 12.1. The Labute approximate surface area is 142 Å². The maximum atomic E-state index is 13.6. The van der Waals surface area contributed by atoms with Crippen LogP contribution in [0.15, 0.2) is 24.3 Å². The third-order valence-corrected chi connectivity index (χ3v) is 5.76. The summed E-state index contributed by atoms with van der Waals surface area (Å²) in [5, 5.41) is 0.438. The first kappa shape index (κ1) is 18.3. The Morgan fingerprint density at radius 3 is 2.36 bits per heavy atom. The largest absolute Gasteiger partial charge is 0.409 e. The van der Waals surface area contributed by atoms with Gasteiger partial charge in [-0.2, -0.15) is 24.9 Å². The van der Waals surface area contributed by atoms with E-state index in [2.05, 4.69) is 0 Å². The van der Waals surface area contributed by atoms with Crippen LogP contribution in [-0.2, 0) is 0 Å². The summed E-state index contributed by atoms with van der Waals surface area (Å²) in [4.78, 5) is 0. The van der Waals surface area contributed by atoms with Crippen molar-refractivity contribution >= 4 is 35.5 Å². The highest BCUT2D eigenvalue weighted by Crippen LogP contribution is 2.42. The van der Waals surface area contributed by atoms with Gasteiger partial charge in [-0.25, -0.2) is 8.61 Å². The molecule has 8 heteroatoms. The average Bonchev–Trinajstić information content (AvgIpc) is 2.48. The van der Waals surface area contributed by atoms with E-state index in [0.717, 1.165) is 24.6 Å². The standard InChI is InChI=1S/C14H18ClF3N2S2/c1-2-20(22-19-7-9-21-10-8-19)13(14(16,17)18)11-3-5-12(15)6-4-11/h3-6,13H,2,7-10H2,1H3/t13-/m1/s1. The van der Waals surface area contributed by atoms with Gasteiger partial charge in [0.25, 0.3) is 0 Å². The molecule has 0 bridgehead atoms. The molecule has 1 heterocycles. The van der Waals surface area contributed by atoms with Crippen LogP contribution in [0.3, 0.4) is 0 Å². The monoisotopic (exact) mass is 370 g/mol. The first-order chi connectivity index (χ1) is 10.4. The molecule has 1 aliphatic rings. The number of nitrogens with zero attached hydrogens (tertiary/aromatic N) is 2. The van der Waals surface area contributed by atoms with Crippen LogP contribution >= 0.6 is 35.5 Å². The molecule has 0 saturated carbocycles. The molecule has 1 fully saturated rings. The van der Waals surface area contributed by atoms with Crippen molar-refractivity contribution in [1.82, 2.24) is 8.61 Å². The number of halogens is 4. The molecule has 0 N–H and O–H groups in total. The fourth-order valence-electron chi connectivity index (χ4n) is 2.23. The molecular weight excluding hydrogens is 353 g/mol. The van der Waals surface area contributed by atoms with Gasteiger partial charge in [0.2, 0.25) is 0 Å². The van der Waals surface area contributed by atoms with Crippen LogP contribution in [0.25, 0.3) is 0 Å². The first-order valence-electron chi connectivity index (χ1n) is 7.01. The van der Waals surface area contributed by atoms with E-state index in [9.17, 15) is 13.2 Å². The molecule has 1 aromatic carbocycles. The molecule has 0 aromatic heterocycles. The van der Waals surface area contributed by atoms with Crippen molar-refractivity contribution in [2.24, 2.45) is 0 Å². The van der Waals surface area contributed by atoms with Crippen molar-refractivity contribution in [2.75, 3.05) is 31.1 Å². The van der Waals surface area contributed by atoms with Crippen LogP contribution in [-0.4, -0.2) is 45.9 Å². The minimum Gasteiger partial charge on any atom is -0.235 e. The topological polar surface area (TPSA) is 6.48 Å². The van der Waals surface area contributed by atoms with E-state index in [1.54, 1.807) is 6.92 Å². The van der Waals surface area contributed by atoms with Crippen LogP contribution in [0.4, 0.5) is 13.2 Å². The molecule has 0 unspecified atom stereocenters. The van der Waals surface area contributed by atoms with Gasteiger partial charge in [-0.3, -0.25) is 0 Å². The maximum Gasteiger partial charge on any atom is 0.409 e. The molecule has 2 rings (SSSR count). The highest BCUT2D eigenvalue weighted by atomic mass is 35.5. The zero-order chi connectivity index (χ0) is 16.2. The number of hydrogen-bond donors (Lipinski definition) is 0. The van der Waals surface area contributed by atoms with Crippen LogP contribution < -0.4 is 0 Å². The van der Waals surface area contributed by atoms with Crippen molar-refractivity contribution in [3.63, 3.8) is 0 Å². The molecule has 0 amide bonds. The molecule has 0 radical (unpaired) electrons. The van der Waals surface area contributed by atoms with E-state index >= 15 is 0 Å². The Balaban J connectivity index is 2.20. The number of hydrogen-bond acceptors (Lipinski definition) is 4. The van der Waals surface area contributed by atoms with Gasteiger partial charge >= 0.3 is 6.18 Å². The van der Waals surface area contributed by atoms with Crippen molar-refractivity contribution < 1.29 is 13.2 Å².